The molecule has 1 saturated heterocycles. The van der Waals surface area contributed by atoms with Gasteiger partial charge in [-0.3, -0.25) is 14.4 Å². The van der Waals surface area contributed by atoms with Gasteiger partial charge in [0, 0.05) is 18.2 Å². The van der Waals surface area contributed by atoms with Crippen molar-refractivity contribution in [3.63, 3.8) is 0 Å². The lowest BCUT2D eigenvalue weighted by atomic mass is 9.65. The Morgan fingerprint density at radius 2 is 1.85 bits per heavy atom. The minimum absolute atomic E-state index is 0.149. The number of carbonyl (C=O) groups excluding carboxylic acids is 3. The van der Waals surface area contributed by atoms with Crippen LogP contribution < -0.4 is 5.32 Å². The van der Waals surface area contributed by atoms with E-state index in [2.05, 4.69) is 26.1 Å². The number of benzene rings is 1. The molecule has 1 aliphatic heterocycles. The fourth-order valence-corrected chi connectivity index (χ4v) is 4.87. The maximum absolute atomic E-state index is 12.6. The molecule has 6 nitrogen and oxygen atoms in total. The van der Waals surface area contributed by atoms with Crippen LogP contribution in [-0.4, -0.2) is 48.4 Å². The number of fused-ring (bicyclic) bond motifs is 2. The van der Waals surface area contributed by atoms with Gasteiger partial charge >= 0.3 is 5.97 Å². The average Bonchev–Trinajstić information content (AvgIpc) is 2.87. The Morgan fingerprint density at radius 1 is 1.15 bits per heavy atom. The van der Waals surface area contributed by atoms with Crippen LogP contribution in [0.3, 0.4) is 0 Å². The predicted octanol–water partition coefficient (Wildman–Crippen LogP) is 2.39. The van der Waals surface area contributed by atoms with E-state index < -0.39 is 5.97 Å². The molecule has 0 spiro atoms. The lowest BCUT2D eigenvalue weighted by molar-refractivity contribution is -0.151. The summed E-state index contributed by atoms with van der Waals surface area (Å²) in [7, 11) is 0. The van der Waals surface area contributed by atoms with E-state index >= 15 is 0 Å². The van der Waals surface area contributed by atoms with E-state index in [1.165, 1.54) is 0 Å². The summed E-state index contributed by atoms with van der Waals surface area (Å²) in [6, 6.07) is 8.86. The van der Waals surface area contributed by atoms with Crippen LogP contribution in [0.4, 0.5) is 0 Å². The molecule has 1 saturated carbocycles. The molecule has 6 heteroatoms. The van der Waals surface area contributed by atoms with Gasteiger partial charge in [-0.25, -0.2) is 0 Å². The molecule has 2 aliphatic rings. The molecule has 2 amide bonds. The first kappa shape index (κ1) is 19.4. The van der Waals surface area contributed by atoms with E-state index in [0.717, 1.165) is 25.8 Å². The summed E-state index contributed by atoms with van der Waals surface area (Å²) in [4.78, 5) is 38.3. The third kappa shape index (κ3) is 4.67. The third-order valence-electron chi connectivity index (χ3n) is 5.52. The zero-order chi connectivity index (χ0) is 19.7. The van der Waals surface area contributed by atoms with Crippen LogP contribution in [0.25, 0.3) is 0 Å². The Bertz CT molecular complexity index is 731. The molecule has 1 aliphatic carbocycles. The SMILES string of the molecule is CC1(C)C[C@H]2C[C@](C)(CN2C(=O)COC(=O)CNC(=O)c2ccccc2)C1. The highest BCUT2D eigenvalue weighted by atomic mass is 16.5. The van der Waals surface area contributed by atoms with Crippen molar-refractivity contribution in [3.05, 3.63) is 35.9 Å². The van der Waals surface area contributed by atoms with Gasteiger partial charge in [-0.1, -0.05) is 39.0 Å². The molecule has 1 heterocycles. The van der Waals surface area contributed by atoms with Crippen molar-refractivity contribution in [2.45, 2.75) is 46.1 Å². The van der Waals surface area contributed by atoms with Crippen molar-refractivity contribution in [1.82, 2.24) is 10.2 Å². The summed E-state index contributed by atoms with van der Waals surface area (Å²) in [5.41, 5.74) is 0.850. The Balaban J connectivity index is 1.45. The molecule has 1 aromatic carbocycles. The van der Waals surface area contributed by atoms with E-state index in [-0.39, 0.29) is 41.8 Å². The first-order valence-corrected chi connectivity index (χ1v) is 9.46. The highest BCUT2D eigenvalue weighted by Gasteiger charge is 2.50. The van der Waals surface area contributed by atoms with Crippen LogP contribution in [0.5, 0.6) is 0 Å². The fourth-order valence-electron chi connectivity index (χ4n) is 4.87. The molecule has 2 fully saturated rings. The smallest absolute Gasteiger partial charge is 0.325 e. The van der Waals surface area contributed by atoms with Crippen molar-refractivity contribution < 1.29 is 19.1 Å². The van der Waals surface area contributed by atoms with Crippen LogP contribution in [0.15, 0.2) is 30.3 Å². The molecule has 2 atom stereocenters. The Hall–Kier alpha value is -2.37. The van der Waals surface area contributed by atoms with Crippen molar-refractivity contribution in [2.24, 2.45) is 10.8 Å². The third-order valence-corrected chi connectivity index (χ3v) is 5.52. The Morgan fingerprint density at radius 3 is 2.56 bits per heavy atom. The molecule has 1 aromatic rings. The van der Waals surface area contributed by atoms with Gasteiger partial charge in [0.15, 0.2) is 6.61 Å². The number of hydrogen-bond donors (Lipinski definition) is 1. The largest absolute Gasteiger partial charge is 0.454 e. The predicted molar refractivity (Wildman–Crippen MR) is 101 cm³/mol. The van der Waals surface area contributed by atoms with E-state index in [9.17, 15) is 14.4 Å². The number of amides is 2. The summed E-state index contributed by atoms with van der Waals surface area (Å²) in [5, 5.41) is 2.51. The summed E-state index contributed by atoms with van der Waals surface area (Å²) >= 11 is 0. The fraction of sp³-hybridized carbons (Fsp3) is 0.571. The van der Waals surface area contributed by atoms with Gasteiger partial charge in [0.1, 0.15) is 6.54 Å². The molecule has 0 unspecified atom stereocenters. The Labute approximate surface area is 160 Å². The van der Waals surface area contributed by atoms with Gasteiger partial charge in [-0.15, -0.1) is 0 Å². The Kier molecular flexibility index (Phi) is 5.27. The van der Waals surface area contributed by atoms with Crippen molar-refractivity contribution in [3.8, 4) is 0 Å². The molecule has 27 heavy (non-hydrogen) atoms. The van der Waals surface area contributed by atoms with E-state index in [1.807, 2.05) is 11.0 Å². The molecule has 2 bridgehead atoms. The molecule has 3 rings (SSSR count). The van der Waals surface area contributed by atoms with E-state index in [1.54, 1.807) is 24.3 Å². The molecule has 146 valence electrons. The van der Waals surface area contributed by atoms with Crippen molar-refractivity contribution >= 4 is 17.8 Å². The second kappa shape index (κ2) is 7.33. The topological polar surface area (TPSA) is 75.7 Å². The van der Waals surface area contributed by atoms with Gasteiger partial charge in [0.25, 0.3) is 11.8 Å². The second-order valence-corrected chi connectivity index (χ2v) is 8.94. The molecular weight excluding hydrogens is 344 g/mol. The van der Waals surface area contributed by atoms with Crippen LogP contribution in [-0.2, 0) is 14.3 Å². The average molecular weight is 372 g/mol. The summed E-state index contributed by atoms with van der Waals surface area (Å²) in [5.74, 6) is -1.10. The summed E-state index contributed by atoms with van der Waals surface area (Å²) in [6.45, 7) is 6.94. The number of carbonyl (C=O) groups is 3. The van der Waals surface area contributed by atoms with Crippen molar-refractivity contribution in [1.29, 1.82) is 0 Å². The second-order valence-electron chi connectivity index (χ2n) is 8.94. The molecular formula is C21H28N2O4. The minimum atomic E-state index is -0.610. The highest BCUT2D eigenvalue weighted by molar-refractivity contribution is 5.96. The van der Waals surface area contributed by atoms with Crippen LogP contribution in [0, 0.1) is 10.8 Å². The summed E-state index contributed by atoms with van der Waals surface area (Å²) in [6.07, 6.45) is 3.10. The lowest BCUT2D eigenvalue weighted by Crippen LogP contribution is -2.40. The van der Waals surface area contributed by atoms with E-state index in [0.29, 0.717) is 5.56 Å². The zero-order valence-corrected chi connectivity index (χ0v) is 16.3. The van der Waals surface area contributed by atoms with Crippen LogP contribution >= 0.6 is 0 Å². The number of rotatable bonds is 5. The van der Waals surface area contributed by atoms with Gasteiger partial charge in [0.05, 0.1) is 0 Å². The number of nitrogens with one attached hydrogen (secondary N) is 1. The zero-order valence-electron chi connectivity index (χ0n) is 16.3. The van der Waals surface area contributed by atoms with E-state index in [4.69, 9.17) is 4.74 Å². The number of hydrogen-bond acceptors (Lipinski definition) is 4. The van der Waals surface area contributed by atoms with Gasteiger partial charge in [-0.2, -0.15) is 0 Å². The number of nitrogens with zero attached hydrogens (tertiary/aromatic N) is 1. The monoisotopic (exact) mass is 372 g/mol. The number of ether oxygens (including phenoxy) is 1. The number of likely N-dealkylation sites (tertiary alicyclic amines) is 1. The van der Waals surface area contributed by atoms with Gasteiger partial charge in [-0.05, 0) is 42.2 Å². The maximum atomic E-state index is 12.6. The standard InChI is InChI=1S/C21H28N2O4/c1-20(2)9-16-10-21(3,13-20)14-23(16)17(24)12-27-18(25)11-22-19(26)15-7-5-4-6-8-15/h4-8,16H,9-14H2,1-3H3,(H,22,26)/t16-,21-/m0/s1. The minimum Gasteiger partial charge on any atom is -0.454 e. The molecule has 0 aromatic heterocycles. The quantitative estimate of drug-likeness (QED) is 0.805. The van der Waals surface area contributed by atoms with Crippen LogP contribution in [0.2, 0.25) is 0 Å². The normalized spacial score (nSPS) is 25.7. The molecule has 0 radical (unpaired) electrons. The molecule has 1 N–H and O–H groups in total. The number of esters is 1. The first-order chi connectivity index (χ1) is 12.7. The lowest BCUT2D eigenvalue weighted by Gasteiger charge is -2.39. The van der Waals surface area contributed by atoms with Crippen LogP contribution in [0.1, 0.15) is 50.4 Å². The summed E-state index contributed by atoms with van der Waals surface area (Å²) < 4.78 is 5.09. The maximum Gasteiger partial charge on any atom is 0.325 e. The van der Waals surface area contributed by atoms with Crippen molar-refractivity contribution in [2.75, 3.05) is 19.7 Å². The van der Waals surface area contributed by atoms with Gasteiger partial charge in [0.2, 0.25) is 0 Å². The van der Waals surface area contributed by atoms with Gasteiger partial charge < -0.3 is 15.0 Å². The first-order valence-electron chi connectivity index (χ1n) is 9.46. The highest BCUT2D eigenvalue weighted by Crippen LogP contribution is 2.52.